The minimum atomic E-state index is -4.53. The molecule has 2 saturated heterocycles. The molecule has 0 radical (unpaired) electrons. The van der Waals surface area contributed by atoms with Crippen molar-refractivity contribution < 1.29 is 31.1 Å². The van der Waals surface area contributed by atoms with Crippen LogP contribution in [-0.4, -0.2) is 82.6 Å². The largest absolute Gasteiger partial charge is 0.416 e. The van der Waals surface area contributed by atoms with Gasteiger partial charge in [-0.15, -0.1) is 0 Å². The first-order valence-electron chi connectivity index (χ1n) is 11.4. The smallest absolute Gasteiger partial charge is 0.379 e. The quantitative estimate of drug-likeness (QED) is 0.599. The maximum absolute atomic E-state index is 13.1. The Morgan fingerprint density at radius 2 is 1.61 bits per heavy atom. The Morgan fingerprint density at radius 1 is 0.972 bits per heavy atom. The minimum absolute atomic E-state index is 0.0352. The number of halogens is 4. The standard InChI is InChI=1S/C23H26ClF3N4O4S/c24-18-13-17(23(25,26)27)14-20(15-18)30-5-7-31(8-6-30)36(33,34)21-3-1-19(2-4-21)28-22(32)16-29-9-11-35-12-10-29/h1-4,13-15H,5-12,16H2,(H,28,32). The van der Waals surface area contributed by atoms with E-state index in [0.29, 0.717) is 37.7 Å². The van der Waals surface area contributed by atoms with Gasteiger partial charge in [-0.1, -0.05) is 11.6 Å². The average Bonchev–Trinajstić information content (AvgIpc) is 2.84. The van der Waals surface area contributed by atoms with Gasteiger partial charge in [0.15, 0.2) is 0 Å². The third kappa shape index (κ3) is 6.48. The van der Waals surface area contributed by atoms with Crippen LogP contribution in [0.25, 0.3) is 0 Å². The van der Waals surface area contributed by atoms with E-state index in [1.54, 1.807) is 4.90 Å². The zero-order valence-corrected chi connectivity index (χ0v) is 20.9. The van der Waals surface area contributed by atoms with Gasteiger partial charge in [-0.2, -0.15) is 17.5 Å². The number of hydrogen-bond donors (Lipinski definition) is 1. The van der Waals surface area contributed by atoms with Gasteiger partial charge in [0.05, 0.1) is 30.2 Å². The van der Waals surface area contributed by atoms with Crippen LogP contribution in [0.1, 0.15) is 5.56 Å². The molecule has 0 unspecified atom stereocenters. The van der Waals surface area contributed by atoms with Crippen molar-refractivity contribution in [2.45, 2.75) is 11.1 Å². The number of morpholine rings is 1. The molecule has 4 rings (SSSR count). The molecule has 0 aliphatic carbocycles. The van der Waals surface area contributed by atoms with Crippen molar-refractivity contribution in [3.63, 3.8) is 0 Å². The summed E-state index contributed by atoms with van der Waals surface area (Å²) in [6.45, 7) is 3.40. The van der Waals surface area contributed by atoms with Gasteiger partial charge in [0.1, 0.15) is 0 Å². The maximum Gasteiger partial charge on any atom is 0.416 e. The topological polar surface area (TPSA) is 82.2 Å². The fourth-order valence-electron chi connectivity index (χ4n) is 4.13. The molecular formula is C23H26ClF3N4O4S. The molecule has 0 bridgehead atoms. The van der Waals surface area contributed by atoms with Crippen molar-refractivity contribution in [3.05, 3.63) is 53.1 Å². The maximum atomic E-state index is 13.1. The summed E-state index contributed by atoms with van der Waals surface area (Å²) in [6, 6.07) is 9.24. The average molecular weight is 547 g/mol. The van der Waals surface area contributed by atoms with Gasteiger partial charge in [0.2, 0.25) is 15.9 Å². The van der Waals surface area contributed by atoms with Crippen LogP contribution in [0.5, 0.6) is 0 Å². The highest BCUT2D eigenvalue weighted by Crippen LogP contribution is 2.35. The summed E-state index contributed by atoms with van der Waals surface area (Å²) in [7, 11) is -3.81. The summed E-state index contributed by atoms with van der Waals surface area (Å²) in [5.41, 5.74) is -0.0697. The van der Waals surface area contributed by atoms with Crippen LogP contribution in [0.15, 0.2) is 47.4 Å². The van der Waals surface area contributed by atoms with Crippen LogP contribution in [0, 0.1) is 0 Å². The Morgan fingerprint density at radius 3 is 2.22 bits per heavy atom. The normalized spacial score (nSPS) is 18.3. The van der Waals surface area contributed by atoms with Crippen molar-refractivity contribution in [2.75, 3.05) is 69.2 Å². The Kier molecular flexibility index (Phi) is 8.10. The van der Waals surface area contributed by atoms with Gasteiger partial charge in [-0.05, 0) is 42.5 Å². The van der Waals surface area contributed by atoms with Crippen molar-refractivity contribution in [1.82, 2.24) is 9.21 Å². The lowest BCUT2D eigenvalue weighted by atomic mass is 10.1. The number of piperazine rings is 1. The number of alkyl halides is 3. The summed E-state index contributed by atoms with van der Waals surface area (Å²) in [5.74, 6) is -0.196. The monoisotopic (exact) mass is 546 g/mol. The molecule has 2 aromatic rings. The molecule has 0 saturated carbocycles. The van der Waals surface area contributed by atoms with Crippen LogP contribution in [-0.2, 0) is 25.7 Å². The highest BCUT2D eigenvalue weighted by molar-refractivity contribution is 7.89. The van der Waals surface area contributed by atoms with E-state index in [0.717, 1.165) is 12.1 Å². The number of amides is 1. The van der Waals surface area contributed by atoms with E-state index < -0.39 is 21.8 Å². The van der Waals surface area contributed by atoms with Gasteiger partial charge in [-0.25, -0.2) is 8.42 Å². The Balaban J connectivity index is 1.36. The number of nitrogens with zero attached hydrogens (tertiary/aromatic N) is 3. The van der Waals surface area contributed by atoms with E-state index >= 15 is 0 Å². The molecule has 0 spiro atoms. The molecule has 196 valence electrons. The number of anilines is 2. The predicted molar refractivity (Wildman–Crippen MR) is 130 cm³/mol. The number of rotatable bonds is 6. The molecule has 0 atom stereocenters. The van der Waals surface area contributed by atoms with Gasteiger partial charge < -0.3 is 15.0 Å². The minimum Gasteiger partial charge on any atom is -0.379 e. The molecule has 1 N–H and O–H groups in total. The highest BCUT2D eigenvalue weighted by atomic mass is 35.5. The van der Waals surface area contributed by atoms with Gasteiger partial charge >= 0.3 is 6.18 Å². The number of hydrogen-bond acceptors (Lipinski definition) is 6. The molecule has 2 aliphatic heterocycles. The van der Waals surface area contributed by atoms with E-state index in [-0.39, 0.29) is 48.5 Å². The fraction of sp³-hybridized carbons (Fsp3) is 0.435. The zero-order chi connectivity index (χ0) is 25.9. The van der Waals surface area contributed by atoms with E-state index in [1.807, 2.05) is 4.90 Å². The number of nitrogens with one attached hydrogen (secondary N) is 1. The molecule has 8 nitrogen and oxygen atoms in total. The first-order chi connectivity index (χ1) is 17.0. The number of carbonyl (C=O) groups is 1. The molecule has 0 aromatic heterocycles. The van der Waals surface area contributed by atoms with Gasteiger partial charge in [0.25, 0.3) is 0 Å². The highest BCUT2D eigenvalue weighted by Gasteiger charge is 2.33. The van der Waals surface area contributed by atoms with Gasteiger partial charge in [0, 0.05) is 55.7 Å². The van der Waals surface area contributed by atoms with Crippen LogP contribution in [0.3, 0.4) is 0 Å². The van der Waals surface area contributed by atoms with Crippen molar-refractivity contribution in [1.29, 1.82) is 0 Å². The number of sulfonamides is 1. The second-order valence-corrected chi connectivity index (χ2v) is 10.9. The summed E-state index contributed by atoms with van der Waals surface area (Å²) < 4.78 is 72.1. The molecule has 1 amide bonds. The third-order valence-electron chi connectivity index (χ3n) is 6.06. The summed E-state index contributed by atoms with van der Waals surface area (Å²) in [5, 5.41) is 2.73. The lowest BCUT2D eigenvalue weighted by Gasteiger charge is -2.35. The molecule has 36 heavy (non-hydrogen) atoms. The lowest BCUT2D eigenvalue weighted by molar-refractivity contribution is -0.137. The lowest BCUT2D eigenvalue weighted by Crippen LogP contribution is -2.48. The number of carbonyl (C=O) groups excluding carboxylic acids is 1. The number of ether oxygens (including phenoxy) is 1. The van der Waals surface area contributed by atoms with Crippen molar-refractivity contribution in [3.8, 4) is 0 Å². The van der Waals surface area contributed by atoms with Crippen LogP contribution >= 0.6 is 11.6 Å². The van der Waals surface area contributed by atoms with E-state index in [2.05, 4.69) is 5.32 Å². The Labute approximate surface area is 212 Å². The predicted octanol–water partition coefficient (Wildman–Crippen LogP) is 3.14. The first-order valence-corrected chi connectivity index (χ1v) is 13.2. The molecule has 2 aliphatic rings. The van der Waals surface area contributed by atoms with Crippen LogP contribution in [0.2, 0.25) is 5.02 Å². The third-order valence-corrected chi connectivity index (χ3v) is 8.19. The van der Waals surface area contributed by atoms with Crippen molar-refractivity contribution in [2.24, 2.45) is 0 Å². The van der Waals surface area contributed by atoms with E-state index in [9.17, 15) is 26.4 Å². The summed E-state index contributed by atoms with van der Waals surface area (Å²) in [4.78, 5) is 16.0. The van der Waals surface area contributed by atoms with E-state index in [4.69, 9.17) is 16.3 Å². The molecule has 2 heterocycles. The molecular weight excluding hydrogens is 521 g/mol. The zero-order valence-electron chi connectivity index (χ0n) is 19.3. The fourth-order valence-corrected chi connectivity index (χ4v) is 5.78. The summed E-state index contributed by atoms with van der Waals surface area (Å²) in [6.07, 6.45) is -4.53. The second-order valence-electron chi connectivity index (χ2n) is 8.55. The van der Waals surface area contributed by atoms with Crippen molar-refractivity contribution >= 4 is 38.9 Å². The summed E-state index contributed by atoms with van der Waals surface area (Å²) >= 11 is 5.88. The molecule has 2 aromatic carbocycles. The SMILES string of the molecule is O=C(CN1CCOCC1)Nc1ccc(S(=O)(=O)N2CCN(c3cc(Cl)cc(C(F)(F)F)c3)CC2)cc1. The number of benzene rings is 2. The van der Waals surface area contributed by atoms with Crippen LogP contribution < -0.4 is 10.2 Å². The second kappa shape index (κ2) is 10.9. The molecule has 2 fully saturated rings. The van der Waals surface area contributed by atoms with E-state index in [1.165, 1.54) is 34.6 Å². The molecule has 13 heteroatoms. The Hall–Kier alpha value is -2.38. The van der Waals surface area contributed by atoms with Crippen LogP contribution in [0.4, 0.5) is 24.5 Å². The first kappa shape index (κ1) is 26.7. The van der Waals surface area contributed by atoms with Gasteiger partial charge in [-0.3, -0.25) is 9.69 Å². The Bertz CT molecular complexity index is 1180.